The number of carbonyl (C=O) groups excluding carboxylic acids is 1. The van der Waals surface area contributed by atoms with Gasteiger partial charge in [0.25, 0.3) is 0 Å². The van der Waals surface area contributed by atoms with Gasteiger partial charge in [-0.1, -0.05) is 20.8 Å². The smallest absolute Gasteiger partial charge is 0.404 e. The molecule has 0 aromatic carbocycles. The number of aromatic nitrogens is 2. The Hall–Kier alpha value is -1.56. The second-order valence-corrected chi connectivity index (χ2v) is 6.68. The lowest BCUT2D eigenvalue weighted by molar-refractivity contribution is 0.0668. The highest BCUT2D eigenvalue weighted by Gasteiger charge is 2.38. The first kappa shape index (κ1) is 15.8. The van der Waals surface area contributed by atoms with E-state index in [-0.39, 0.29) is 22.8 Å². The van der Waals surface area contributed by atoms with Crippen LogP contribution in [0.25, 0.3) is 0 Å². The zero-order valence-electron chi connectivity index (χ0n) is 12.5. The number of ether oxygens (including phenoxy) is 1. The summed E-state index contributed by atoms with van der Waals surface area (Å²) in [5, 5.41) is 0.232. The van der Waals surface area contributed by atoms with Crippen molar-refractivity contribution in [2.24, 2.45) is 11.1 Å². The topological polar surface area (TPSA) is 81.3 Å². The lowest BCUT2D eigenvalue weighted by atomic mass is 9.79. The van der Waals surface area contributed by atoms with Gasteiger partial charge in [0.2, 0.25) is 5.28 Å². The number of carbonyl (C=O) groups is 1. The summed E-state index contributed by atoms with van der Waals surface area (Å²) >= 11 is 5.89. The Labute approximate surface area is 129 Å². The third-order valence-corrected chi connectivity index (χ3v) is 3.92. The second-order valence-electron chi connectivity index (χ2n) is 6.34. The molecular formula is C14H21ClN4O2. The number of amides is 1. The van der Waals surface area contributed by atoms with Crippen molar-refractivity contribution in [3.8, 4) is 0 Å². The molecule has 1 aliphatic rings. The molecule has 1 amide bonds. The highest BCUT2D eigenvalue weighted by atomic mass is 35.5. The van der Waals surface area contributed by atoms with Crippen LogP contribution in [0.4, 0.5) is 10.6 Å². The highest BCUT2D eigenvalue weighted by Crippen LogP contribution is 2.35. The van der Waals surface area contributed by atoms with Crippen molar-refractivity contribution in [2.75, 3.05) is 11.4 Å². The van der Waals surface area contributed by atoms with E-state index in [1.54, 1.807) is 6.20 Å². The summed E-state index contributed by atoms with van der Waals surface area (Å²) in [7, 11) is 0. The fraction of sp³-hybridized carbons (Fsp3) is 0.643. The average Bonchev–Trinajstić information content (AvgIpc) is 2.37. The van der Waals surface area contributed by atoms with Crippen LogP contribution in [0.3, 0.4) is 0 Å². The predicted molar refractivity (Wildman–Crippen MR) is 81.3 cm³/mol. The molecule has 2 rings (SSSR count). The molecule has 21 heavy (non-hydrogen) atoms. The molecule has 116 valence electrons. The lowest BCUT2D eigenvalue weighted by Crippen LogP contribution is -2.52. The second kappa shape index (κ2) is 6.05. The Morgan fingerprint density at radius 1 is 1.52 bits per heavy atom. The number of rotatable bonds is 2. The molecule has 7 heteroatoms. The first-order valence-electron chi connectivity index (χ1n) is 6.98. The van der Waals surface area contributed by atoms with Crippen LogP contribution < -0.4 is 10.6 Å². The summed E-state index contributed by atoms with van der Waals surface area (Å²) in [4.78, 5) is 21.4. The summed E-state index contributed by atoms with van der Waals surface area (Å²) in [5.74, 6) is 0.799. The van der Waals surface area contributed by atoms with E-state index >= 15 is 0 Å². The van der Waals surface area contributed by atoms with Gasteiger partial charge in [-0.25, -0.2) is 14.8 Å². The maximum atomic E-state index is 11.0. The maximum absolute atomic E-state index is 11.0. The molecule has 0 saturated carbocycles. The van der Waals surface area contributed by atoms with Crippen LogP contribution in [0.1, 0.15) is 33.6 Å². The maximum Gasteiger partial charge on any atom is 0.404 e. The Bertz CT molecular complexity index is 518. The van der Waals surface area contributed by atoms with E-state index in [1.165, 1.54) is 0 Å². The summed E-state index contributed by atoms with van der Waals surface area (Å²) in [6.45, 7) is 7.19. The third-order valence-electron chi connectivity index (χ3n) is 3.74. The fourth-order valence-electron chi connectivity index (χ4n) is 2.79. The molecule has 0 aliphatic carbocycles. The quantitative estimate of drug-likeness (QED) is 0.849. The van der Waals surface area contributed by atoms with Crippen molar-refractivity contribution in [3.05, 3.63) is 17.5 Å². The summed E-state index contributed by atoms with van der Waals surface area (Å²) in [6.07, 6.45) is 2.22. The Balaban J connectivity index is 2.23. The first-order chi connectivity index (χ1) is 9.77. The summed E-state index contributed by atoms with van der Waals surface area (Å²) < 4.78 is 5.18. The number of hydrogen-bond donors (Lipinski definition) is 1. The number of anilines is 1. The summed E-state index contributed by atoms with van der Waals surface area (Å²) in [6, 6.07) is 2.02. The summed E-state index contributed by atoms with van der Waals surface area (Å²) in [5.41, 5.74) is 5.13. The molecule has 0 radical (unpaired) electrons. The molecule has 0 bridgehead atoms. The third kappa shape index (κ3) is 3.97. The van der Waals surface area contributed by atoms with Crippen LogP contribution in [0.5, 0.6) is 0 Å². The molecule has 2 heterocycles. The van der Waals surface area contributed by atoms with Crippen LogP contribution in [-0.4, -0.2) is 34.8 Å². The molecule has 0 spiro atoms. The molecule has 1 fully saturated rings. The number of hydrogen-bond acceptors (Lipinski definition) is 5. The molecule has 1 aliphatic heterocycles. The monoisotopic (exact) mass is 312 g/mol. The van der Waals surface area contributed by atoms with Gasteiger partial charge in [-0.05, 0) is 23.1 Å². The van der Waals surface area contributed by atoms with Gasteiger partial charge in [-0.3, -0.25) is 0 Å². The van der Waals surface area contributed by atoms with E-state index in [4.69, 9.17) is 22.1 Å². The minimum atomic E-state index is -0.716. The minimum absolute atomic E-state index is 0.00287. The number of nitrogens with two attached hydrogens (primary N) is 1. The van der Waals surface area contributed by atoms with Gasteiger partial charge < -0.3 is 15.4 Å². The van der Waals surface area contributed by atoms with E-state index in [0.717, 1.165) is 18.8 Å². The molecule has 2 unspecified atom stereocenters. The first-order valence-corrected chi connectivity index (χ1v) is 7.36. The van der Waals surface area contributed by atoms with E-state index < -0.39 is 6.09 Å². The van der Waals surface area contributed by atoms with Crippen LogP contribution in [0.2, 0.25) is 5.28 Å². The number of halogens is 1. The van der Waals surface area contributed by atoms with Crippen molar-refractivity contribution in [3.63, 3.8) is 0 Å². The van der Waals surface area contributed by atoms with Crippen molar-refractivity contribution in [1.29, 1.82) is 0 Å². The Morgan fingerprint density at radius 2 is 2.24 bits per heavy atom. The molecule has 2 atom stereocenters. The minimum Gasteiger partial charge on any atom is -0.446 e. The zero-order valence-corrected chi connectivity index (χ0v) is 13.3. The number of primary amides is 1. The van der Waals surface area contributed by atoms with Gasteiger partial charge in [0.15, 0.2) is 0 Å². The molecule has 1 aromatic heterocycles. The van der Waals surface area contributed by atoms with Gasteiger partial charge in [0, 0.05) is 31.6 Å². The normalized spacial score (nSPS) is 23.0. The molecular weight excluding hydrogens is 292 g/mol. The standard InChI is InChI=1S/C14H21ClN4O2/c1-14(2,3)10-8-9(21-13(16)20)5-7-19(10)11-4-6-17-12(15)18-11/h4,6,9-10H,5,7-8H2,1-3H3,(H2,16,20). The van der Waals surface area contributed by atoms with E-state index in [1.807, 2.05) is 6.07 Å². The molecule has 1 aromatic rings. The van der Waals surface area contributed by atoms with Gasteiger partial charge in [0.05, 0.1) is 0 Å². The van der Waals surface area contributed by atoms with E-state index in [2.05, 4.69) is 35.6 Å². The van der Waals surface area contributed by atoms with Crippen molar-refractivity contribution >= 4 is 23.5 Å². The zero-order chi connectivity index (χ0) is 15.6. The van der Waals surface area contributed by atoms with E-state index in [0.29, 0.717) is 6.42 Å². The SMILES string of the molecule is CC(C)(C)C1CC(OC(N)=O)CCN1c1ccnc(Cl)n1. The number of nitrogens with zero attached hydrogens (tertiary/aromatic N) is 3. The van der Waals surface area contributed by atoms with Gasteiger partial charge in [-0.2, -0.15) is 0 Å². The average molecular weight is 313 g/mol. The molecule has 6 nitrogen and oxygen atoms in total. The van der Waals surface area contributed by atoms with Crippen molar-refractivity contribution < 1.29 is 9.53 Å². The lowest BCUT2D eigenvalue weighted by Gasteiger charge is -2.46. The van der Waals surface area contributed by atoms with Gasteiger partial charge in [-0.15, -0.1) is 0 Å². The van der Waals surface area contributed by atoms with Crippen molar-refractivity contribution in [1.82, 2.24) is 9.97 Å². The molecule has 2 N–H and O–H groups in total. The Kier molecular flexibility index (Phi) is 4.56. The Morgan fingerprint density at radius 3 is 2.81 bits per heavy atom. The number of piperidine rings is 1. The predicted octanol–water partition coefficient (Wildman–Crippen LogP) is 2.61. The van der Waals surface area contributed by atoms with Crippen molar-refractivity contribution in [2.45, 2.75) is 45.8 Å². The van der Waals surface area contributed by atoms with Crippen LogP contribution in [-0.2, 0) is 4.74 Å². The molecule has 1 saturated heterocycles. The van der Waals surface area contributed by atoms with Gasteiger partial charge in [0.1, 0.15) is 11.9 Å². The van der Waals surface area contributed by atoms with Gasteiger partial charge >= 0.3 is 6.09 Å². The largest absolute Gasteiger partial charge is 0.446 e. The van der Waals surface area contributed by atoms with E-state index in [9.17, 15) is 4.79 Å². The van der Waals surface area contributed by atoms with Crippen LogP contribution in [0.15, 0.2) is 12.3 Å². The highest BCUT2D eigenvalue weighted by molar-refractivity contribution is 6.28. The van der Waals surface area contributed by atoms with Crippen LogP contribution in [0, 0.1) is 5.41 Å². The van der Waals surface area contributed by atoms with Crippen LogP contribution >= 0.6 is 11.6 Å². The fourth-order valence-corrected chi connectivity index (χ4v) is 2.93.